The minimum absolute atomic E-state index is 0.543. The van der Waals surface area contributed by atoms with Gasteiger partial charge in [-0.3, -0.25) is 4.21 Å². The smallest absolute Gasteiger partial charge is 0.0234 e. The zero-order valence-corrected chi connectivity index (χ0v) is 8.04. The molecule has 1 nitrogen and oxygen atoms in total. The molecular weight excluding hydrogens is 144 g/mol. The number of rotatable bonds is 5. The SMILES string of the molecule is CCS(=O)CCCC(C)C. The van der Waals surface area contributed by atoms with Gasteiger partial charge in [0.05, 0.1) is 0 Å². The van der Waals surface area contributed by atoms with E-state index in [4.69, 9.17) is 0 Å². The van der Waals surface area contributed by atoms with Crippen molar-refractivity contribution in [3.8, 4) is 0 Å². The normalized spacial score (nSPS) is 14.0. The van der Waals surface area contributed by atoms with E-state index in [0.29, 0.717) is 0 Å². The highest BCUT2D eigenvalue weighted by Gasteiger charge is 1.97. The molecule has 62 valence electrons. The van der Waals surface area contributed by atoms with E-state index in [-0.39, 0.29) is 0 Å². The van der Waals surface area contributed by atoms with Crippen molar-refractivity contribution >= 4 is 10.8 Å². The quantitative estimate of drug-likeness (QED) is 0.605. The number of hydrogen-bond acceptors (Lipinski definition) is 1. The van der Waals surface area contributed by atoms with E-state index < -0.39 is 10.8 Å². The minimum Gasteiger partial charge on any atom is -0.260 e. The van der Waals surface area contributed by atoms with Crippen molar-refractivity contribution in [2.45, 2.75) is 33.6 Å². The highest BCUT2D eigenvalue weighted by Crippen LogP contribution is 2.03. The van der Waals surface area contributed by atoms with Crippen LogP contribution in [0.1, 0.15) is 33.6 Å². The van der Waals surface area contributed by atoms with Crippen molar-refractivity contribution < 1.29 is 4.21 Å². The predicted octanol–water partition coefficient (Wildman–Crippen LogP) is 2.19. The van der Waals surface area contributed by atoms with Gasteiger partial charge < -0.3 is 0 Å². The highest BCUT2D eigenvalue weighted by atomic mass is 32.2. The van der Waals surface area contributed by atoms with Gasteiger partial charge in [-0.25, -0.2) is 0 Å². The first-order chi connectivity index (χ1) is 4.66. The van der Waals surface area contributed by atoms with Crippen LogP contribution in [-0.2, 0) is 10.8 Å². The van der Waals surface area contributed by atoms with Gasteiger partial charge in [0, 0.05) is 22.3 Å². The summed E-state index contributed by atoms with van der Waals surface area (Å²) in [4.78, 5) is 0. The molecule has 2 heteroatoms. The fraction of sp³-hybridized carbons (Fsp3) is 1.00. The second-order valence-electron chi connectivity index (χ2n) is 2.97. The minimum atomic E-state index is -0.543. The van der Waals surface area contributed by atoms with Crippen LogP contribution in [0.5, 0.6) is 0 Å². The monoisotopic (exact) mass is 162 g/mol. The summed E-state index contributed by atoms with van der Waals surface area (Å²) in [7, 11) is -0.543. The van der Waals surface area contributed by atoms with Gasteiger partial charge in [0.15, 0.2) is 0 Å². The van der Waals surface area contributed by atoms with E-state index in [0.717, 1.165) is 23.8 Å². The van der Waals surface area contributed by atoms with Crippen molar-refractivity contribution in [1.82, 2.24) is 0 Å². The average Bonchev–Trinajstić information content (AvgIpc) is 1.87. The lowest BCUT2D eigenvalue weighted by Crippen LogP contribution is -2.00. The molecule has 10 heavy (non-hydrogen) atoms. The Hall–Kier alpha value is 0.150. The van der Waals surface area contributed by atoms with Gasteiger partial charge in [0.25, 0.3) is 0 Å². The molecule has 0 N–H and O–H groups in total. The Balaban J connectivity index is 3.12. The van der Waals surface area contributed by atoms with Gasteiger partial charge in [-0.15, -0.1) is 0 Å². The van der Waals surface area contributed by atoms with Gasteiger partial charge in [-0.05, 0) is 12.3 Å². The molecule has 1 atom stereocenters. The third kappa shape index (κ3) is 6.27. The van der Waals surface area contributed by atoms with Crippen molar-refractivity contribution in [1.29, 1.82) is 0 Å². The zero-order chi connectivity index (χ0) is 7.98. The molecular formula is C8H18OS. The summed E-state index contributed by atoms with van der Waals surface area (Å²) >= 11 is 0. The fourth-order valence-electron chi connectivity index (χ4n) is 0.797. The Morgan fingerprint density at radius 1 is 1.40 bits per heavy atom. The Morgan fingerprint density at radius 3 is 2.40 bits per heavy atom. The van der Waals surface area contributed by atoms with Crippen LogP contribution in [0.3, 0.4) is 0 Å². The number of hydrogen-bond donors (Lipinski definition) is 0. The Kier molecular flexibility index (Phi) is 5.99. The van der Waals surface area contributed by atoms with E-state index >= 15 is 0 Å². The molecule has 0 aliphatic heterocycles. The van der Waals surface area contributed by atoms with Crippen LogP contribution in [0.2, 0.25) is 0 Å². The van der Waals surface area contributed by atoms with Crippen LogP contribution in [-0.4, -0.2) is 15.7 Å². The maximum atomic E-state index is 10.9. The van der Waals surface area contributed by atoms with Gasteiger partial charge >= 0.3 is 0 Å². The van der Waals surface area contributed by atoms with E-state index in [2.05, 4.69) is 13.8 Å². The van der Waals surface area contributed by atoms with Crippen LogP contribution in [0.4, 0.5) is 0 Å². The van der Waals surface area contributed by atoms with Crippen molar-refractivity contribution in [3.05, 3.63) is 0 Å². The fourth-order valence-corrected chi connectivity index (χ4v) is 1.57. The van der Waals surface area contributed by atoms with Crippen LogP contribution in [0, 0.1) is 5.92 Å². The maximum absolute atomic E-state index is 10.9. The first-order valence-corrected chi connectivity index (χ1v) is 5.50. The first-order valence-electron chi connectivity index (χ1n) is 4.01. The van der Waals surface area contributed by atoms with Gasteiger partial charge in [-0.2, -0.15) is 0 Å². The van der Waals surface area contributed by atoms with Gasteiger partial charge in [-0.1, -0.05) is 27.2 Å². The van der Waals surface area contributed by atoms with E-state index in [1.165, 1.54) is 6.42 Å². The summed E-state index contributed by atoms with van der Waals surface area (Å²) in [5.41, 5.74) is 0. The molecule has 0 heterocycles. The zero-order valence-electron chi connectivity index (χ0n) is 7.22. The van der Waals surface area contributed by atoms with Gasteiger partial charge in [0.1, 0.15) is 0 Å². The molecule has 0 aliphatic carbocycles. The molecule has 0 amide bonds. The molecule has 0 aromatic rings. The third-order valence-electron chi connectivity index (χ3n) is 1.48. The van der Waals surface area contributed by atoms with Crippen molar-refractivity contribution in [2.75, 3.05) is 11.5 Å². The molecule has 0 aromatic carbocycles. The maximum Gasteiger partial charge on any atom is 0.0234 e. The molecule has 0 aliphatic rings. The second kappa shape index (κ2) is 5.90. The van der Waals surface area contributed by atoms with Crippen molar-refractivity contribution in [3.63, 3.8) is 0 Å². The molecule has 0 bridgehead atoms. The summed E-state index contributed by atoms with van der Waals surface area (Å²) in [6, 6.07) is 0. The molecule has 0 aromatic heterocycles. The summed E-state index contributed by atoms with van der Waals surface area (Å²) in [6.07, 6.45) is 2.34. The van der Waals surface area contributed by atoms with Crippen molar-refractivity contribution in [2.24, 2.45) is 5.92 Å². The highest BCUT2D eigenvalue weighted by molar-refractivity contribution is 7.84. The average molecular weight is 162 g/mol. The summed E-state index contributed by atoms with van der Waals surface area (Å²) < 4.78 is 10.9. The molecule has 0 fully saturated rings. The molecule has 0 saturated carbocycles. The van der Waals surface area contributed by atoms with Crippen LogP contribution in [0.15, 0.2) is 0 Å². The molecule has 0 spiro atoms. The summed E-state index contributed by atoms with van der Waals surface area (Å²) in [6.45, 7) is 6.38. The molecule has 0 rings (SSSR count). The summed E-state index contributed by atoms with van der Waals surface area (Å²) in [5, 5.41) is 0. The van der Waals surface area contributed by atoms with Crippen LogP contribution < -0.4 is 0 Å². The second-order valence-corrected chi connectivity index (χ2v) is 4.83. The lowest BCUT2D eigenvalue weighted by atomic mass is 10.1. The summed E-state index contributed by atoms with van der Waals surface area (Å²) in [5.74, 6) is 2.47. The predicted molar refractivity (Wildman–Crippen MR) is 47.6 cm³/mol. The standard InChI is InChI=1S/C8H18OS/c1-4-10(9)7-5-6-8(2)3/h8H,4-7H2,1-3H3. The van der Waals surface area contributed by atoms with Gasteiger partial charge in [0.2, 0.25) is 0 Å². The van der Waals surface area contributed by atoms with E-state index in [1.54, 1.807) is 0 Å². The Morgan fingerprint density at radius 2 is 2.00 bits per heavy atom. The lowest BCUT2D eigenvalue weighted by molar-refractivity contribution is 0.575. The Bertz CT molecular complexity index is 99.4. The van der Waals surface area contributed by atoms with Crippen LogP contribution >= 0.6 is 0 Å². The Labute approximate surface area is 66.7 Å². The molecule has 0 saturated heterocycles. The molecule has 1 unspecified atom stereocenters. The van der Waals surface area contributed by atoms with E-state index in [1.807, 2.05) is 6.92 Å². The molecule has 0 radical (unpaired) electrons. The van der Waals surface area contributed by atoms with E-state index in [9.17, 15) is 4.21 Å². The largest absolute Gasteiger partial charge is 0.260 e. The third-order valence-corrected chi connectivity index (χ3v) is 2.86. The lowest BCUT2D eigenvalue weighted by Gasteiger charge is -2.02. The topological polar surface area (TPSA) is 17.1 Å². The first kappa shape index (κ1) is 10.2. The van der Waals surface area contributed by atoms with Crippen LogP contribution in [0.25, 0.3) is 0 Å².